The zero-order valence-corrected chi connectivity index (χ0v) is 11.0. The van der Waals surface area contributed by atoms with E-state index < -0.39 is 5.97 Å². The van der Waals surface area contributed by atoms with Crippen molar-refractivity contribution in [3.05, 3.63) is 34.9 Å². The average Bonchev–Trinajstić information content (AvgIpc) is 2.25. The van der Waals surface area contributed by atoms with E-state index in [0.29, 0.717) is 5.56 Å². The molecule has 0 saturated carbocycles. The lowest BCUT2D eigenvalue weighted by molar-refractivity contribution is -0.116. The Morgan fingerprint density at radius 1 is 1.31 bits per heavy atom. The second kappa shape index (κ2) is 5.25. The SMILES string of the molecule is COC(=O)c1cc(C)cc(C(Br)C(C)=O)c1. The number of ether oxygens (including phenoxy) is 1. The molecule has 0 fully saturated rings. The predicted octanol–water partition coefficient (Wildman–Crippen LogP) is 2.81. The molecular weight excluding hydrogens is 272 g/mol. The lowest BCUT2D eigenvalue weighted by Crippen LogP contribution is -2.06. The molecule has 0 heterocycles. The van der Waals surface area contributed by atoms with Gasteiger partial charge in [0, 0.05) is 0 Å². The van der Waals surface area contributed by atoms with Gasteiger partial charge in [0.1, 0.15) is 5.78 Å². The molecule has 0 radical (unpaired) electrons. The van der Waals surface area contributed by atoms with Crippen molar-refractivity contribution < 1.29 is 14.3 Å². The lowest BCUT2D eigenvalue weighted by atomic mass is 10.0. The molecule has 0 N–H and O–H groups in total. The second-order valence-corrected chi connectivity index (χ2v) is 4.51. The summed E-state index contributed by atoms with van der Waals surface area (Å²) >= 11 is 3.29. The van der Waals surface area contributed by atoms with Crippen LogP contribution in [0.5, 0.6) is 0 Å². The molecule has 0 saturated heterocycles. The van der Waals surface area contributed by atoms with Gasteiger partial charge in [-0.25, -0.2) is 4.79 Å². The number of Topliss-reactive ketones (excluding diaryl/α,β-unsaturated/α-hetero) is 1. The quantitative estimate of drug-likeness (QED) is 0.633. The highest BCUT2D eigenvalue weighted by atomic mass is 79.9. The van der Waals surface area contributed by atoms with Gasteiger partial charge in [-0.05, 0) is 37.1 Å². The first-order valence-electron chi connectivity index (χ1n) is 4.80. The lowest BCUT2D eigenvalue weighted by Gasteiger charge is -2.09. The Morgan fingerprint density at radius 2 is 1.94 bits per heavy atom. The van der Waals surface area contributed by atoms with Crippen molar-refractivity contribution >= 4 is 27.7 Å². The highest BCUT2D eigenvalue weighted by Crippen LogP contribution is 2.25. The van der Waals surface area contributed by atoms with E-state index >= 15 is 0 Å². The molecule has 1 unspecified atom stereocenters. The van der Waals surface area contributed by atoms with E-state index in [4.69, 9.17) is 0 Å². The highest BCUT2D eigenvalue weighted by Gasteiger charge is 2.15. The molecule has 1 aromatic rings. The van der Waals surface area contributed by atoms with Gasteiger partial charge in [-0.2, -0.15) is 0 Å². The van der Waals surface area contributed by atoms with Gasteiger partial charge >= 0.3 is 5.97 Å². The van der Waals surface area contributed by atoms with E-state index in [1.54, 1.807) is 12.1 Å². The number of rotatable bonds is 3. The van der Waals surface area contributed by atoms with Crippen LogP contribution in [0.25, 0.3) is 0 Å². The van der Waals surface area contributed by atoms with Crippen LogP contribution in [-0.4, -0.2) is 18.9 Å². The largest absolute Gasteiger partial charge is 0.465 e. The van der Waals surface area contributed by atoms with Crippen LogP contribution in [0.4, 0.5) is 0 Å². The van der Waals surface area contributed by atoms with Gasteiger partial charge < -0.3 is 4.74 Å². The molecule has 1 rings (SSSR count). The molecule has 0 amide bonds. The first-order valence-corrected chi connectivity index (χ1v) is 5.71. The van der Waals surface area contributed by atoms with Crippen molar-refractivity contribution in [2.45, 2.75) is 18.7 Å². The van der Waals surface area contributed by atoms with Crippen molar-refractivity contribution in [2.24, 2.45) is 0 Å². The molecule has 0 aliphatic rings. The summed E-state index contributed by atoms with van der Waals surface area (Å²) in [4.78, 5) is 22.3. The van der Waals surface area contributed by atoms with E-state index in [1.807, 2.05) is 13.0 Å². The summed E-state index contributed by atoms with van der Waals surface area (Å²) < 4.78 is 4.65. The number of ketones is 1. The van der Waals surface area contributed by atoms with Crippen molar-refractivity contribution in [1.29, 1.82) is 0 Å². The number of halogens is 1. The fourth-order valence-electron chi connectivity index (χ4n) is 1.43. The van der Waals surface area contributed by atoms with E-state index in [-0.39, 0.29) is 10.6 Å². The predicted molar refractivity (Wildman–Crippen MR) is 64.9 cm³/mol. The van der Waals surface area contributed by atoms with E-state index in [0.717, 1.165) is 11.1 Å². The molecule has 0 aliphatic heterocycles. The minimum absolute atomic E-state index is 0.00131. The molecule has 16 heavy (non-hydrogen) atoms. The van der Waals surface area contributed by atoms with Gasteiger partial charge in [-0.3, -0.25) is 4.79 Å². The number of alkyl halides is 1. The van der Waals surface area contributed by atoms with Gasteiger partial charge in [0.25, 0.3) is 0 Å². The summed E-state index contributed by atoms with van der Waals surface area (Å²) in [6, 6.07) is 5.27. The number of methoxy groups -OCH3 is 1. The Bertz CT molecular complexity index is 426. The van der Waals surface area contributed by atoms with Gasteiger partial charge in [0.15, 0.2) is 0 Å². The third-order valence-electron chi connectivity index (χ3n) is 2.17. The monoisotopic (exact) mass is 284 g/mol. The smallest absolute Gasteiger partial charge is 0.337 e. The maximum Gasteiger partial charge on any atom is 0.337 e. The summed E-state index contributed by atoms with van der Waals surface area (Å²) in [5, 5.41) is 0. The normalized spacial score (nSPS) is 12.0. The van der Waals surface area contributed by atoms with Crippen molar-refractivity contribution in [3.63, 3.8) is 0 Å². The van der Waals surface area contributed by atoms with Gasteiger partial charge in [-0.1, -0.05) is 22.0 Å². The average molecular weight is 285 g/mol. The van der Waals surface area contributed by atoms with Crippen LogP contribution in [0.2, 0.25) is 0 Å². The van der Waals surface area contributed by atoms with Crippen molar-refractivity contribution in [1.82, 2.24) is 0 Å². The maximum absolute atomic E-state index is 11.4. The molecule has 0 aromatic heterocycles. The van der Waals surface area contributed by atoms with Crippen LogP contribution in [0.1, 0.15) is 33.2 Å². The number of hydrogen-bond donors (Lipinski definition) is 0. The number of carbonyl (C=O) groups excluding carboxylic acids is 2. The summed E-state index contributed by atoms with van der Waals surface area (Å²) in [7, 11) is 1.33. The minimum Gasteiger partial charge on any atom is -0.465 e. The first kappa shape index (κ1) is 12.9. The van der Waals surface area contributed by atoms with E-state index in [2.05, 4.69) is 20.7 Å². The molecule has 3 nitrogen and oxygen atoms in total. The van der Waals surface area contributed by atoms with Crippen LogP contribution >= 0.6 is 15.9 Å². The number of esters is 1. The zero-order valence-electron chi connectivity index (χ0n) is 9.41. The van der Waals surface area contributed by atoms with Crippen LogP contribution in [-0.2, 0) is 9.53 Å². The van der Waals surface area contributed by atoms with Gasteiger partial charge in [-0.15, -0.1) is 0 Å². The molecule has 86 valence electrons. The minimum atomic E-state index is -0.395. The van der Waals surface area contributed by atoms with Crippen LogP contribution in [0, 0.1) is 6.92 Å². The highest BCUT2D eigenvalue weighted by molar-refractivity contribution is 9.09. The molecule has 0 bridgehead atoms. The van der Waals surface area contributed by atoms with Gasteiger partial charge in [0.2, 0.25) is 0 Å². The Kier molecular flexibility index (Phi) is 4.24. The molecule has 1 atom stereocenters. The van der Waals surface area contributed by atoms with Crippen molar-refractivity contribution in [3.8, 4) is 0 Å². The third-order valence-corrected chi connectivity index (χ3v) is 3.34. The standard InChI is InChI=1S/C12H13BrO3/c1-7-4-9(11(13)8(2)14)6-10(5-7)12(15)16-3/h4-6,11H,1-3H3. The number of hydrogen-bond acceptors (Lipinski definition) is 3. The van der Waals surface area contributed by atoms with Gasteiger partial charge in [0.05, 0.1) is 17.5 Å². The van der Waals surface area contributed by atoms with Crippen LogP contribution < -0.4 is 0 Å². The topological polar surface area (TPSA) is 43.4 Å². The Balaban J connectivity index is 3.17. The number of aryl methyl sites for hydroxylation is 1. The molecule has 0 aliphatic carbocycles. The van der Waals surface area contributed by atoms with Crippen LogP contribution in [0.3, 0.4) is 0 Å². The third kappa shape index (κ3) is 2.92. The summed E-state index contributed by atoms with van der Waals surface area (Å²) in [6.45, 7) is 3.37. The van der Waals surface area contributed by atoms with E-state index in [9.17, 15) is 9.59 Å². The Morgan fingerprint density at radius 3 is 2.44 bits per heavy atom. The molecular formula is C12H13BrO3. The number of benzene rings is 1. The summed E-state index contributed by atoms with van der Waals surface area (Å²) in [5.41, 5.74) is 2.15. The molecule has 1 aromatic carbocycles. The zero-order chi connectivity index (χ0) is 12.3. The first-order chi connectivity index (χ1) is 7.45. The summed E-state index contributed by atoms with van der Waals surface area (Å²) in [5.74, 6) is -0.394. The fourth-order valence-corrected chi connectivity index (χ4v) is 1.69. The van der Waals surface area contributed by atoms with Crippen LogP contribution in [0.15, 0.2) is 18.2 Å². The molecule has 4 heteroatoms. The van der Waals surface area contributed by atoms with E-state index in [1.165, 1.54) is 14.0 Å². The summed E-state index contributed by atoms with van der Waals surface area (Å²) in [6.07, 6.45) is 0. The molecule has 0 spiro atoms. The Hall–Kier alpha value is -1.16. The number of carbonyl (C=O) groups is 2. The Labute approximate surface area is 103 Å². The van der Waals surface area contributed by atoms with Crippen molar-refractivity contribution in [2.75, 3.05) is 7.11 Å². The fraction of sp³-hybridized carbons (Fsp3) is 0.333. The maximum atomic E-state index is 11.4. The second-order valence-electron chi connectivity index (χ2n) is 3.60.